The van der Waals surface area contributed by atoms with Crippen molar-refractivity contribution in [2.24, 2.45) is 0 Å². The van der Waals surface area contributed by atoms with E-state index >= 15 is 0 Å². The van der Waals surface area contributed by atoms with Gasteiger partial charge in [-0.25, -0.2) is 4.79 Å². The average molecular weight is 424 g/mol. The van der Waals surface area contributed by atoms with Crippen LogP contribution in [0.5, 0.6) is 0 Å². The number of anilines is 1. The third-order valence-corrected chi connectivity index (χ3v) is 6.04. The number of rotatable bonds is 6. The highest BCUT2D eigenvalue weighted by atomic mass is 16.3. The van der Waals surface area contributed by atoms with Crippen molar-refractivity contribution in [3.05, 3.63) is 65.2 Å². The molecule has 2 atom stereocenters. The summed E-state index contributed by atoms with van der Waals surface area (Å²) in [6, 6.07) is 15.7. The van der Waals surface area contributed by atoms with E-state index in [0.29, 0.717) is 37.3 Å². The normalized spacial score (nSPS) is 19.3. The van der Waals surface area contributed by atoms with Crippen LogP contribution in [-0.2, 0) is 6.54 Å². The molecule has 1 N–H and O–H groups in total. The molecular weight excluding hydrogens is 390 g/mol. The van der Waals surface area contributed by atoms with Gasteiger partial charge in [0.2, 0.25) is 0 Å². The van der Waals surface area contributed by atoms with Gasteiger partial charge in [0.25, 0.3) is 0 Å². The van der Waals surface area contributed by atoms with Crippen molar-refractivity contribution in [2.75, 3.05) is 31.1 Å². The number of Topliss-reactive ketones (excluding diaryl/α,β-unsaturated/α-hetero) is 1. The quantitative estimate of drug-likeness (QED) is 0.720. The Morgan fingerprint density at radius 1 is 1.06 bits per heavy atom. The van der Waals surface area contributed by atoms with Crippen LogP contribution in [-0.4, -0.2) is 65.0 Å². The maximum absolute atomic E-state index is 13.7. The molecule has 3 rings (SSSR count). The minimum atomic E-state index is -0.507. The molecule has 2 aromatic carbocycles. The van der Waals surface area contributed by atoms with Crippen LogP contribution >= 0.6 is 0 Å². The van der Waals surface area contributed by atoms with Crippen molar-refractivity contribution in [3.8, 4) is 0 Å². The number of likely N-dealkylation sites (N-methyl/N-ethyl adjacent to an activating group) is 1. The highest BCUT2D eigenvalue weighted by molar-refractivity contribution is 5.97. The molecule has 0 spiro atoms. The number of ketones is 1. The maximum atomic E-state index is 13.7. The zero-order valence-electron chi connectivity index (χ0n) is 18.9. The van der Waals surface area contributed by atoms with Crippen LogP contribution in [0.2, 0.25) is 0 Å². The number of amides is 2. The van der Waals surface area contributed by atoms with Crippen molar-refractivity contribution < 1.29 is 14.7 Å². The second-order valence-electron chi connectivity index (χ2n) is 8.42. The van der Waals surface area contributed by atoms with Crippen LogP contribution in [0.3, 0.4) is 0 Å². The van der Waals surface area contributed by atoms with Gasteiger partial charge < -0.3 is 10.0 Å². The second kappa shape index (κ2) is 10.1. The topological polar surface area (TPSA) is 64.1 Å². The Morgan fingerprint density at radius 3 is 2.26 bits per heavy atom. The SMILES string of the molecule is CCN1[C@H](C)CN(C(=O)N(Cc2ccc(C(=O)CO)cc2)c2cccc(C)c2)C[C@@H]1C. The van der Waals surface area contributed by atoms with E-state index in [4.69, 9.17) is 5.11 Å². The van der Waals surface area contributed by atoms with E-state index in [1.165, 1.54) is 0 Å². The Morgan fingerprint density at radius 2 is 1.71 bits per heavy atom. The van der Waals surface area contributed by atoms with Gasteiger partial charge in [0.15, 0.2) is 5.78 Å². The molecule has 1 aliphatic rings. The molecule has 1 saturated heterocycles. The van der Waals surface area contributed by atoms with Crippen molar-refractivity contribution in [2.45, 2.75) is 46.3 Å². The molecule has 1 aliphatic heterocycles. The molecule has 0 radical (unpaired) electrons. The molecule has 6 heteroatoms. The predicted molar refractivity (Wildman–Crippen MR) is 123 cm³/mol. The second-order valence-corrected chi connectivity index (χ2v) is 8.42. The lowest BCUT2D eigenvalue weighted by Crippen LogP contribution is -2.60. The van der Waals surface area contributed by atoms with E-state index in [-0.39, 0.29) is 11.8 Å². The minimum absolute atomic E-state index is 0.00411. The molecule has 6 nitrogen and oxygen atoms in total. The fourth-order valence-electron chi connectivity index (χ4n) is 4.44. The maximum Gasteiger partial charge on any atom is 0.324 e. The number of hydrogen-bond donors (Lipinski definition) is 1. The van der Waals surface area contributed by atoms with Gasteiger partial charge >= 0.3 is 6.03 Å². The Labute approximate surface area is 185 Å². The van der Waals surface area contributed by atoms with E-state index in [0.717, 1.165) is 23.4 Å². The minimum Gasteiger partial charge on any atom is -0.388 e. The number of nitrogens with zero attached hydrogens (tertiary/aromatic N) is 3. The zero-order chi connectivity index (χ0) is 22.5. The van der Waals surface area contributed by atoms with Crippen molar-refractivity contribution in [1.82, 2.24) is 9.80 Å². The number of hydrogen-bond acceptors (Lipinski definition) is 4. The largest absolute Gasteiger partial charge is 0.388 e. The summed E-state index contributed by atoms with van der Waals surface area (Å²) in [4.78, 5) is 31.6. The summed E-state index contributed by atoms with van der Waals surface area (Å²) < 4.78 is 0. The Bertz CT molecular complexity index is 900. The van der Waals surface area contributed by atoms with Crippen LogP contribution in [0, 0.1) is 6.92 Å². The van der Waals surface area contributed by atoms with Gasteiger partial charge in [-0.15, -0.1) is 0 Å². The lowest BCUT2D eigenvalue weighted by atomic mass is 10.1. The number of aliphatic hydroxyl groups excluding tert-OH is 1. The summed E-state index contributed by atoms with van der Waals surface area (Å²) in [6.07, 6.45) is 0. The summed E-state index contributed by atoms with van der Waals surface area (Å²) in [5.41, 5.74) is 3.35. The number of aliphatic hydroxyl groups is 1. The van der Waals surface area contributed by atoms with E-state index in [2.05, 4.69) is 25.7 Å². The van der Waals surface area contributed by atoms with Crippen LogP contribution in [0.15, 0.2) is 48.5 Å². The molecule has 2 aromatic rings. The van der Waals surface area contributed by atoms with Crippen LogP contribution < -0.4 is 4.90 Å². The van der Waals surface area contributed by atoms with Crippen LogP contribution in [0.1, 0.15) is 42.3 Å². The first-order valence-electron chi connectivity index (χ1n) is 11.0. The standard InChI is InChI=1S/C25H33N3O3/c1-5-27-19(3)14-26(15-20(27)4)25(31)28(23-8-6-7-18(2)13-23)16-21-9-11-22(12-10-21)24(30)17-29/h6-13,19-20,29H,5,14-17H2,1-4H3/t19-,20+. The molecule has 2 amide bonds. The summed E-state index contributed by atoms with van der Waals surface area (Å²) >= 11 is 0. The van der Waals surface area contributed by atoms with Crippen molar-refractivity contribution in [1.29, 1.82) is 0 Å². The fourth-order valence-corrected chi connectivity index (χ4v) is 4.44. The molecular formula is C25H33N3O3. The Kier molecular flexibility index (Phi) is 7.46. The third kappa shape index (κ3) is 5.32. The highest BCUT2D eigenvalue weighted by Crippen LogP contribution is 2.24. The monoisotopic (exact) mass is 423 g/mol. The fraction of sp³-hybridized carbons (Fsp3) is 0.440. The predicted octanol–water partition coefficient (Wildman–Crippen LogP) is 3.71. The molecule has 31 heavy (non-hydrogen) atoms. The van der Waals surface area contributed by atoms with E-state index in [9.17, 15) is 9.59 Å². The van der Waals surface area contributed by atoms with E-state index < -0.39 is 6.61 Å². The number of carbonyl (C=O) groups is 2. The highest BCUT2D eigenvalue weighted by Gasteiger charge is 2.33. The summed E-state index contributed by atoms with van der Waals surface area (Å²) in [6.45, 7) is 10.8. The lowest BCUT2D eigenvalue weighted by Gasteiger charge is -2.45. The van der Waals surface area contributed by atoms with E-state index in [1.54, 1.807) is 12.1 Å². The van der Waals surface area contributed by atoms with Crippen LogP contribution in [0.4, 0.5) is 10.5 Å². The summed E-state index contributed by atoms with van der Waals surface area (Å²) in [7, 11) is 0. The number of benzene rings is 2. The molecule has 0 unspecified atom stereocenters. The molecule has 0 saturated carbocycles. The number of urea groups is 1. The molecule has 0 aliphatic carbocycles. The lowest BCUT2D eigenvalue weighted by molar-refractivity contribution is 0.0617. The first kappa shape index (κ1) is 23.0. The van der Waals surface area contributed by atoms with E-state index in [1.807, 2.05) is 53.1 Å². The van der Waals surface area contributed by atoms with Gasteiger partial charge in [0.05, 0.1) is 6.54 Å². The summed E-state index contributed by atoms with van der Waals surface area (Å²) in [5.74, 6) is -0.310. The van der Waals surface area contributed by atoms with Crippen molar-refractivity contribution >= 4 is 17.5 Å². The van der Waals surface area contributed by atoms with Gasteiger partial charge in [-0.05, 0) is 50.6 Å². The molecule has 1 heterocycles. The van der Waals surface area contributed by atoms with Gasteiger partial charge in [0.1, 0.15) is 6.61 Å². The molecule has 166 valence electrons. The van der Waals surface area contributed by atoms with Gasteiger partial charge in [-0.3, -0.25) is 14.6 Å². The number of piperazine rings is 1. The molecule has 1 fully saturated rings. The molecule has 0 aromatic heterocycles. The zero-order valence-corrected chi connectivity index (χ0v) is 18.9. The average Bonchev–Trinajstić information content (AvgIpc) is 2.76. The number of aryl methyl sites for hydroxylation is 1. The van der Waals surface area contributed by atoms with Gasteiger partial charge in [-0.1, -0.05) is 43.3 Å². The number of carbonyl (C=O) groups excluding carboxylic acids is 2. The Hall–Kier alpha value is -2.70. The van der Waals surface area contributed by atoms with Crippen LogP contribution in [0.25, 0.3) is 0 Å². The van der Waals surface area contributed by atoms with Gasteiger partial charge in [-0.2, -0.15) is 0 Å². The van der Waals surface area contributed by atoms with Gasteiger partial charge in [0, 0.05) is 36.4 Å². The smallest absolute Gasteiger partial charge is 0.324 e. The first-order valence-corrected chi connectivity index (χ1v) is 11.0. The Balaban J connectivity index is 1.87. The summed E-state index contributed by atoms with van der Waals surface area (Å²) in [5, 5.41) is 9.06. The van der Waals surface area contributed by atoms with Crippen molar-refractivity contribution in [3.63, 3.8) is 0 Å². The first-order chi connectivity index (χ1) is 14.8. The molecule has 0 bridgehead atoms. The third-order valence-electron chi connectivity index (χ3n) is 6.04.